The van der Waals surface area contributed by atoms with Gasteiger partial charge in [-0.3, -0.25) is 0 Å². The van der Waals surface area contributed by atoms with Crippen LogP contribution in [0.4, 0.5) is 0 Å². The third-order valence-corrected chi connectivity index (χ3v) is 2.95. The second kappa shape index (κ2) is 5.17. The molecule has 0 aliphatic rings. The number of hydrogen-bond acceptors (Lipinski definition) is 2. The van der Waals surface area contributed by atoms with E-state index in [9.17, 15) is 0 Å². The molecule has 0 aliphatic carbocycles. The Kier molecular flexibility index (Phi) is 4.15. The van der Waals surface area contributed by atoms with Crippen molar-refractivity contribution < 1.29 is 4.74 Å². The fourth-order valence-corrected chi connectivity index (χ4v) is 1.53. The highest BCUT2D eigenvalue weighted by Gasteiger charge is 2.08. The van der Waals surface area contributed by atoms with Gasteiger partial charge in [0.15, 0.2) is 0 Å². The molecular formula is C13H21NO. The van der Waals surface area contributed by atoms with Crippen LogP contribution in [0.3, 0.4) is 0 Å². The van der Waals surface area contributed by atoms with Crippen LogP contribution < -0.4 is 4.74 Å². The van der Waals surface area contributed by atoms with Crippen LogP contribution in [0.15, 0.2) is 18.2 Å². The average Bonchev–Trinajstić information content (AvgIpc) is 2.20. The van der Waals surface area contributed by atoms with Gasteiger partial charge in [-0.2, -0.15) is 0 Å². The second-order valence-electron chi connectivity index (χ2n) is 4.31. The molecule has 0 spiro atoms. The minimum Gasteiger partial charge on any atom is -0.497 e. The van der Waals surface area contributed by atoms with Gasteiger partial charge in [-0.25, -0.2) is 0 Å². The minimum absolute atomic E-state index is 0.567. The number of benzene rings is 1. The molecule has 2 heteroatoms. The van der Waals surface area contributed by atoms with E-state index in [1.165, 1.54) is 11.1 Å². The lowest BCUT2D eigenvalue weighted by atomic mass is 10.0. The Bertz CT molecular complexity index is 320. The van der Waals surface area contributed by atoms with Crippen molar-refractivity contribution in [3.05, 3.63) is 29.3 Å². The van der Waals surface area contributed by atoms with Gasteiger partial charge < -0.3 is 9.64 Å². The van der Waals surface area contributed by atoms with E-state index < -0.39 is 0 Å². The molecule has 2 nitrogen and oxygen atoms in total. The van der Waals surface area contributed by atoms with Gasteiger partial charge >= 0.3 is 0 Å². The molecular weight excluding hydrogens is 186 g/mol. The Balaban J connectivity index is 2.78. The van der Waals surface area contributed by atoms with Gasteiger partial charge in [-0.1, -0.05) is 6.07 Å². The minimum atomic E-state index is 0.567. The first kappa shape index (κ1) is 12.1. The highest BCUT2D eigenvalue weighted by Crippen LogP contribution is 2.18. The molecule has 0 radical (unpaired) electrons. The highest BCUT2D eigenvalue weighted by atomic mass is 16.5. The first-order chi connectivity index (χ1) is 7.04. The van der Waals surface area contributed by atoms with E-state index in [-0.39, 0.29) is 0 Å². The van der Waals surface area contributed by atoms with Gasteiger partial charge in [0.05, 0.1) is 7.11 Å². The SMILES string of the molecule is COc1ccc(CC(C)N(C)C)c(C)c1. The normalized spacial score (nSPS) is 12.9. The third-order valence-electron chi connectivity index (χ3n) is 2.95. The second-order valence-corrected chi connectivity index (χ2v) is 4.31. The number of hydrogen-bond donors (Lipinski definition) is 0. The molecule has 0 heterocycles. The first-order valence-corrected chi connectivity index (χ1v) is 5.34. The van der Waals surface area contributed by atoms with Crippen LogP contribution >= 0.6 is 0 Å². The van der Waals surface area contributed by atoms with Gasteiger partial charge in [-0.15, -0.1) is 0 Å². The molecule has 1 aromatic rings. The molecule has 1 atom stereocenters. The summed E-state index contributed by atoms with van der Waals surface area (Å²) in [5.41, 5.74) is 2.71. The smallest absolute Gasteiger partial charge is 0.119 e. The predicted molar refractivity (Wildman–Crippen MR) is 64.6 cm³/mol. The standard InChI is InChI=1S/C13H21NO/c1-10-8-13(15-5)7-6-12(10)9-11(2)14(3)4/h6-8,11H,9H2,1-5H3. The van der Waals surface area contributed by atoms with Gasteiger partial charge in [0, 0.05) is 6.04 Å². The van der Waals surface area contributed by atoms with Crippen LogP contribution in [0.5, 0.6) is 5.75 Å². The fourth-order valence-electron chi connectivity index (χ4n) is 1.53. The highest BCUT2D eigenvalue weighted by molar-refractivity contribution is 5.35. The molecule has 0 aliphatic heterocycles. The van der Waals surface area contributed by atoms with Gasteiger partial charge in [-0.05, 0) is 57.6 Å². The van der Waals surface area contributed by atoms with Gasteiger partial charge in [0.1, 0.15) is 5.75 Å². The van der Waals surface area contributed by atoms with Crippen LogP contribution in [0.2, 0.25) is 0 Å². The van der Waals surface area contributed by atoms with E-state index in [0.29, 0.717) is 6.04 Å². The molecule has 0 aromatic heterocycles. The maximum atomic E-state index is 5.19. The molecule has 0 saturated carbocycles. The van der Waals surface area contributed by atoms with Crippen LogP contribution in [-0.4, -0.2) is 32.1 Å². The summed E-state index contributed by atoms with van der Waals surface area (Å²) < 4.78 is 5.19. The lowest BCUT2D eigenvalue weighted by molar-refractivity contribution is 0.312. The Morgan fingerprint density at radius 2 is 2.00 bits per heavy atom. The van der Waals surface area contributed by atoms with E-state index in [1.807, 2.05) is 6.07 Å². The summed E-state index contributed by atoms with van der Waals surface area (Å²) >= 11 is 0. The number of rotatable bonds is 4. The van der Waals surface area contributed by atoms with Crippen molar-refractivity contribution in [2.45, 2.75) is 26.3 Å². The largest absolute Gasteiger partial charge is 0.497 e. The predicted octanol–water partition coefficient (Wildman–Crippen LogP) is 2.50. The van der Waals surface area contributed by atoms with E-state index in [1.54, 1.807) is 7.11 Å². The molecule has 0 bridgehead atoms. The summed E-state index contributed by atoms with van der Waals surface area (Å²) in [6.07, 6.45) is 1.09. The molecule has 0 fully saturated rings. The summed E-state index contributed by atoms with van der Waals surface area (Å²) in [6.45, 7) is 4.38. The summed E-state index contributed by atoms with van der Waals surface area (Å²) in [6, 6.07) is 6.86. The number of ether oxygens (including phenoxy) is 1. The Morgan fingerprint density at radius 3 is 2.47 bits per heavy atom. The Hall–Kier alpha value is -1.02. The number of methoxy groups -OCH3 is 1. The zero-order chi connectivity index (χ0) is 11.4. The van der Waals surface area contributed by atoms with Crippen molar-refractivity contribution in [2.24, 2.45) is 0 Å². The third kappa shape index (κ3) is 3.24. The zero-order valence-electron chi connectivity index (χ0n) is 10.4. The first-order valence-electron chi connectivity index (χ1n) is 5.34. The topological polar surface area (TPSA) is 12.5 Å². The molecule has 1 unspecified atom stereocenters. The zero-order valence-corrected chi connectivity index (χ0v) is 10.4. The number of likely N-dealkylation sites (N-methyl/N-ethyl adjacent to an activating group) is 1. The maximum absolute atomic E-state index is 5.19. The molecule has 84 valence electrons. The lowest BCUT2D eigenvalue weighted by Gasteiger charge is -2.20. The van der Waals surface area contributed by atoms with Crippen molar-refractivity contribution in [3.8, 4) is 5.75 Å². The van der Waals surface area contributed by atoms with Crippen molar-refractivity contribution in [2.75, 3.05) is 21.2 Å². The molecule has 1 aromatic carbocycles. The van der Waals surface area contributed by atoms with E-state index in [4.69, 9.17) is 4.74 Å². The van der Waals surface area contributed by atoms with Crippen LogP contribution in [0.25, 0.3) is 0 Å². The summed E-state index contributed by atoms with van der Waals surface area (Å²) in [5.74, 6) is 0.939. The lowest BCUT2D eigenvalue weighted by Crippen LogP contribution is -2.26. The summed E-state index contributed by atoms with van der Waals surface area (Å²) in [4.78, 5) is 2.24. The fraction of sp³-hybridized carbons (Fsp3) is 0.538. The quantitative estimate of drug-likeness (QED) is 0.752. The van der Waals surface area contributed by atoms with Crippen molar-refractivity contribution in [1.29, 1.82) is 0 Å². The summed E-state index contributed by atoms with van der Waals surface area (Å²) in [7, 11) is 5.93. The number of nitrogens with zero attached hydrogens (tertiary/aromatic N) is 1. The van der Waals surface area contributed by atoms with Crippen molar-refractivity contribution in [1.82, 2.24) is 4.90 Å². The molecule has 0 N–H and O–H groups in total. The Morgan fingerprint density at radius 1 is 1.33 bits per heavy atom. The molecule has 0 amide bonds. The van der Waals surface area contributed by atoms with Gasteiger partial charge in [0.2, 0.25) is 0 Å². The van der Waals surface area contributed by atoms with E-state index in [2.05, 4.69) is 45.0 Å². The Labute approximate surface area is 92.9 Å². The summed E-state index contributed by atoms with van der Waals surface area (Å²) in [5, 5.41) is 0. The average molecular weight is 207 g/mol. The van der Waals surface area contributed by atoms with Crippen molar-refractivity contribution in [3.63, 3.8) is 0 Å². The van der Waals surface area contributed by atoms with E-state index >= 15 is 0 Å². The molecule has 0 saturated heterocycles. The van der Waals surface area contributed by atoms with Crippen LogP contribution in [-0.2, 0) is 6.42 Å². The molecule has 1 rings (SSSR count). The number of aryl methyl sites for hydroxylation is 1. The maximum Gasteiger partial charge on any atom is 0.119 e. The van der Waals surface area contributed by atoms with Crippen LogP contribution in [0.1, 0.15) is 18.1 Å². The van der Waals surface area contributed by atoms with Gasteiger partial charge in [0.25, 0.3) is 0 Å². The monoisotopic (exact) mass is 207 g/mol. The van der Waals surface area contributed by atoms with Crippen LogP contribution in [0, 0.1) is 6.92 Å². The molecule has 15 heavy (non-hydrogen) atoms. The van der Waals surface area contributed by atoms with E-state index in [0.717, 1.165) is 12.2 Å². The van der Waals surface area contributed by atoms with Crippen molar-refractivity contribution >= 4 is 0 Å².